The van der Waals surface area contributed by atoms with Crippen molar-refractivity contribution < 1.29 is 0 Å². The van der Waals surface area contributed by atoms with Crippen molar-refractivity contribution in [3.05, 3.63) is 57.0 Å². The van der Waals surface area contributed by atoms with Crippen molar-refractivity contribution in [2.24, 2.45) is 0 Å². The van der Waals surface area contributed by atoms with Crippen LogP contribution in [-0.2, 0) is 0 Å². The first-order valence-electron chi connectivity index (χ1n) is 6.19. The average Bonchev–Trinajstić information content (AvgIpc) is 2.90. The number of nitrogens with zero attached hydrogens (tertiary/aromatic N) is 1. The Balaban J connectivity index is 1.96. The molecule has 0 aliphatic heterocycles. The number of hydrogen-bond acceptors (Lipinski definition) is 3. The first kappa shape index (κ1) is 13.9. The lowest BCUT2D eigenvalue weighted by atomic mass is 10.1. The smallest absolute Gasteiger partial charge is 0.106 e. The van der Waals surface area contributed by atoms with Gasteiger partial charge in [-0.15, -0.1) is 11.3 Å². The van der Waals surface area contributed by atoms with Crippen LogP contribution in [0.3, 0.4) is 0 Å². The Kier molecular flexibility index (Phi) is 3.96. The molecular formula is C15H12BrClN2S. The fourth-order valence-corrected chi connectivity index (χ4v) is 3.43. The molecule has 0 aliphatic rings. The topological polar surface area (TPSA) is 24.9 Å². The Morgan fingerprint density at radius 3 is 2.95 bits per heavy atom. The van der Waals surface area contributed by atoms with Crippen molar-refractivity contribution >= 4 is 54.8 Å². The predicted octanol–water partition coefficient (Wildman–Crippen LogP) is 5.89. The minimum absolute atomic E-state index is 0.150. The molecule has 0 spiro atoms. The summed E-state index contributed by atoms with van der Waals surface area (Å²) in [5, 5.41) is 4.17. The molecule has 3 aromatic rings. The molecule has 20 heavy (non-hydrogen) atoms. The Bertz CT molecular complexity index is 756. The normalized spacial score (nSPS) is 12.6. The molecule has 2 aromatic carbocycles. The highest BCUT2D eigenvalue weighted by Gasteiger charge is 2.12. The summed E-state index contributed by atoms with van der Waals surface area (Å²) in [6.45, 7) is 2.11. The van der Waals surface area contributed by atoms with Gasteiger partial charge in [0.1, 0.15) is 5.52 Å². The molecule has 1 atom stereocenters. The van der Waals surface area contributed by atoms with E-state index in [1.54, 1.807) is 11.3 Å². The van der Waals surface area contributed by atoms with Gasteiger partial charge in [-0.05, 0) is 36.8 Å². The van der Waals surface area contributed by atoms with E-state index in [4.69, 9.17) is 11.6 Å². The van der Waals surface area contributed by atoms with Crippen LogP contribution in [0.1, 0.15) is 18.5 Å². The quantitative estimate of drug-likeness (QED) is 0.624. The van der Waals surface area contributed by atoms with Gasteiger partial charge in [-0.1, -0.05) is 39.7 Å². The third kappa shape index (κ3) is 2.68. The van der Waals surface area contributed by atoms with Crippen molar-refractivity contribution in [2.45, 2.75) is 13.0 Å². The summed E-state index contributed by atoms with van der Waals surface area (Å²) in [7, 11) is 0. The molecule has 102 valence electrons. The van der Waals surface area contributed by atoms with Crippen LogP contribution in [-0.4, -0.2) is 4.98 Å². The first-order valence-corrected chi connectivity index (χ1v) is 8.24. The minimum atomic E-state index is 0.150. The lowest BCUT2D eigenvalue weighted by Crippen LogP contribution is -2.07. The van der Waals surface area contributed by atoms with Gasteiger partial charge in [0.25, 0.3) is 0 Å². The summed E-state index contributed by atoms with van der Waals surface area (Å²) in [6.07, 6.45) is 0. The zero-order valence-electron chi connectivity index (χ0n) is 10.7. The Hall–Kier alpha value is -1.10. The summed E-state index contributed by atoms with van der Waals surface area (Å²) in [4.78, 5) is 4.41. The number of anilines is 1. The predicted molar refractivity (Wildman–Crippen MR) is 90.8 cm³/mol. The molecular weight excluding hydrogens is 356 g/mol. The molecule has 0 radical (unpaired) electrons. The van der Waals surface area contributed by atoms with E-state index in [-0.39, 0.29) is 6.04 Å². The maximum Gasteiger partial charge on any atom is 0.106 e. The zero-order chi connectivity index (χ0) is 14.1. The second-order valence-corrected chi connectivity index (χ2v) is 6.75. The Labute approximate surface area is 134 Å². The number of fused-ring (bicyclic) bond motifs is 1. The summed E-state index contributed by atoms with van der Waals surface area (Å²) >= 11 is 11.4. The maximum absolute atomic E-state index is 6.32. The SMILES string of the molecule is CC(Nc1c(Cl)ccc2scnc12)c1cccc(Br)c1. The van der Waals surface area contributed by atoms with E-state index in [9.17, 15) is 0 Å². The van der Waals surface area contributed by atoms with E-state index in [1.165, 1.54) is 5.56 Å². The molecule has 0 fully saturated rings. The van der Waals surface area contributed by atoms with Crippen LogP contribution in [0.4, 0.5) is 5.69 Å². The van der Waals surface area contributed by atoms with Crippen LogP contribution in [0.2, 0.25) is 5.02 Å². The summed E-state index contributed by atoms with van der Waals surface area (Å²) < 4.78 is 2.21. The molecule has 0 saturated heterocycles. The minimum Gasteiger partial charge on any atom is -0.376 e. The molecule has 5 heteroatoms. The molecule has 0 bridgehead atoms. The number of rotatable bonds is 3. The van der Waals surface area contributed by atoms with E-state index in [1.807, 2.05) is 29.8 Å². The van der Waals surface area contributed by atoms with Crippen LogP contribution >= 0.6 is 38.9 Å². The second kappa shape index (κ2) is 5.72. The average molecular weight is 368 g/mol. The van der Waals surface area contributed by atoms with Crippen molar-refractivity contribution in [1.82, 2.24) is 4.98 Å². The van der Waals surface area contributed by atoms with Gasteiger partial charge in [-0.2, -0.15) is 0 Å². The third-order valence-corrected chi connectivity index (χ3v) is 4.76. The number of nitrogens with one attached hydrogen (secondary N) is 1. The second-order valence-electron chi connectivity index (χ2n) is 4.54. The number of benzene rings is 2. The highest BCUT2D eigenvalue weighted by atomic mass is 79.9. The van der Waals surface area contributed by atoms with E-state index in [0.29, 0.717) is 5.02 Å². The van der Waals surface area contributed by atoms with Gasteiger partial charge in [0, 0.05) is 10.5 Å². The molecule has 1 heterocycles. The van der Waals surface area contributed by atoms with E-state index < -0.39 is 0 Å². The fraction of sp³-hybridized carbons (Fsp3) is 0.133. The van der Waals surface area contributed by atoms with Gasteiger partial charge in [0.15, 0.2) is 0 Å². The third-order valence-electron chi connectivity index (χ3n) is 3.16. The molecule has 1 unspecified atom stereocenters. The van der Waals surface area contributed by atoms with Crippen LogP contribution in [0.25, 0.3) is 10.2 Å². The number of thiazole rings is 1. The molecule has 0 amide bonds. The number of aromatic nitrogens is 1. The highest BCUT2D eigenvalue weighted by molar-refractivity contribution is 9.10. The fourth-order valence-electron chi connectivity index (χ4n) is 2.12. The highest BCUT2D eigenvalue weighted by Crippen LogP contribution is 2.34. The van der Waals surface area contributed by atoms with Crippen molar-refractivity contribution in [3.63, 3.8) is 0 Å². The van der Waals surface area contributed by atoms with Crippen LogP contribution in [0.15, 0.2) is 46.4 Å². The van der Waals surface area contributed by atoms with Crippen LogP contribution in [0, 0.1) is 0 Å². The molecule has 3 rings (SSSR count). The van der Waals surface area contributed by atoms with Crippen molar-refractivity contribution in [2.75, 3.05) is 5.32 Å². The lowest BCUT2D eigenvalue weighted by molar-refractivity contribution is 0.885. The first-order chi connectivity index (χ1) is 9.65. The van der Waals surface area contributed by atoms with Gasteiger partial charge < -0.3 is 5.32 Å². The maximum atomic E-state index is 6.32. The van der Waals surface area contributed by atoms with E-state index in [0.717, 1.165) is 20.4 Å². The van der Waals surface area contributed by atoms with Crippen molar-refractivity contribution in [1.29, 1.82) is 0 Å². The van der Waals surface area contributed by atoms with Gasteiger partial charge in [0.2, 0.25) is 0 Å². The number of halogens is 2. The molecule has 0 aliphatic carbocycles. The molecule has 1 aromatic heterocycles. The molecule has 0 saturated carbocycles. The molecule has 1 N–H and O–H groups in total. The summed E-state index contributed by atoms with van der Waals surface area (Å²) in [6, 6.07) is 12.3. The van der Waals surface area contributed by atoms with Crippen LogP contribution in [0.5, 0.6) is 0 Å². The largest absolute Gasteiger partial charge is 0.376 e. The van der Waals surface area contributed by atoms with Crippen molar-refractivity contribution in [3.8, 4) is 0 Å². The monoisotopic (exact) mass is 366 g/mol. The van der Waals surface area contributed by atoms with Gasteiger partial charge in [-0.3, -0.25) is 0 Å². The number of hydrogen-bond donors (Lipinski definition) is 1. The zero-order valence-corrected chi connectivity index (χ0v) is 13.9. The van der Waals surface area contributed by atoms with E-state index in [2.05, 4.69) is 45.3 Å². The van der Waals surface area contributed by atoms with Gasteiger partial charge in [-0.25, -0.2) is 4.98 Å². The van der Waals surface area contributed by atoms with Crippen LogP contribution < -0.4 is 5.32 Å². The molecule has 2 nitrogen and oxygen atoms in total. The summed E-state index contributed by atoms with van der Waals surface area (Å²) in [5.74, 6) is 0. The van der Waals surface area contributed by atoms with E-state index >= 15 is 0 Å². The van der Waals surface area contributed by atoms with Gasteiger partial charge >= 0.3 is 0 Å². The Morgan fingerprint density at radius 2 is 2.15 bits per heavy atom. The Morgan fingerprint density at radius 1 is 1.30 bits per heavy atom. The van der Waals surface area contributed by atoms with Gasteiger partial charge in [0.05, 0.1) is 20.9 Å². The summed E-state index contributed by atoms with van der Waals surface area (Å²) in [5.41, 5.74) is 4.88. The standard InChI is InChI=1S/C15H12BrClN2S/c1-9(10-3-2-4-11(16)7-10)19-14-12(17)5-6-13-15(14)18-8-20-13/h2-9,19H,1H3. The lowest BCUT2D eigenvalue weighted by Gasteiger charge is -2.17.